The van der Waals surface area contributed by atoms with Gasteiger partial charge in [0.05, 0.1) is 16.9 Å². The highest BCUT2D eigenvalue weighted by molar-refractivity contribution is 14.1. The first-order valence-electron chi connectivity index (χ1n) is 10.1. The Balaban J connectivity index is 1.51. The van der Waals surface area contributed by atoms with Gasteiger partial charge in [0.15, 0.2) is 0 Å². The first-order chi connectivity index (χ1) is 15.2. The molecule has 5 rings (SSSR count). The summed E-state index contributed by atoms with van der Waals surface area (Å²) < 4.78 is 0.927. The second-order valence-corrected chi connectivity index (χ2v) is 8.46. The van der Waals surface area contributed by atoms with Crippen LogP contribution in [0.5, 0.6) is 0 Å². The van der Waals surface area contributed by atoms with Crippen LogP contribution < -0.4 is 15.5 Å². The number of fused-ring (bicyclic) bond motifs is 3. The molecule has 0 spiro atoms. The predicted octanol–water partition coefficient (Wildman–Crippen LogP) is 6.77. The van der Waals surface area contributed by atoms with E-state index in [2.05, 4.69) is 92.9 Å². The van der Waals surface area contributed by atoms with Crippen molar-refractivity contribution in [3.05, 3.63) is 106 Å². The van der Waals surface area contributed by atoms with Gasteiger partial charge >= 0.3 is 0 Å². The van der Waals surface area contributed by atoms with Crippen molar-refractivity contribution in [3.63, 3.8) is 0 Å². The maximum absolute atomic E-state index is 12.8. The van der Waals surface area contributed by atoms with Gasteiger partial charge < -0.3 is 15.5 Å². The third-order valence-corrected chi connectivity index (χ3v) is 6.26. The normalized spacial score (nSPS) is 12.7. The minimum atomic E-state index is -0.110. The quantitative estimate of drug-likeness (QED) is 0.295. The zero-order valence-electron chi connectivity index (χ0n) is 16.7. The molecular formula is C26H20IN3O. The number of nitrogens with one attached hydrogen (secondary N) is 2. The SMILES string of the molecule is O=C(Nc1cccc(N2C=CCNc3c2ccc2ccccc32)c1)c1ccccc1I. The van der Waals surface area contributed by atoms with E-state index >= 15 is 0 Å². The van der Waals surface area contributed by atoms with Crippen molar-refractivity contribution in [1.82, 2.24) is 0 Å². The van der Waals surface area contributed by atoms with Crippen LogP contribution in [0.25, 0.3) is 10.8 Å². The molecule has 4 aromatic carbocycles. The summed E-state index contributed by atoms with van der Waals surface area (Å²) in [6, 6.07) is 28.2. The standard InChI is InChI=1S/C26H20IN3O/c27-23-12-4-3-11-22(23)26(31)29-19-8-5-9-20(17-19)30-16-6-15-28-25-21-10-2-1-7-18(21)13-14-24(25)30/h1-14,16-17,28H,15H2,(H,29,31). The minimum Gasteiger partial charge on any atom is -0.379 e. The Kier molecular flexibility index (Phi) is 5.34. The van der Waals surface area contributed by atoms with Crippen molar-refractivity contribution in [2.75, 3.05) is 22.1 Å². The van der Waals surface area contributed by atoms with E-state index in [9.17, 15) is 4.79 Å². The fourth-order valence-corrected chi connectivity index (χ4v) is 4.48. The van der Waals surface area contributed by atoms with Crippen molar-refractivity contribution >= 4 is 62.0 Å². The molecule has 0 unspecified atom stereocenters. The lowest BCUT2D eigenvalue weighted by molar-refractivity contribution is 0.102. The third-order valence-electron chi connectivity index (χ3n) is 5.32. The Labute approximate surface area is 194 Å². The van der Waals surface area contributed by atoms with Crippen LogP contribution in [0.2, 0.25) is 0 Å². The third kappa shape index (κ3) is 3.88. The minimum absolute atomic E-state index is 0.110. The molecule has 2 N–H and O–H groups in total. The average Bonchev–Trinajstić information content (AvgIpc) is 3.02. The molecule has 1 aliphatic rings. The molecule has 0 saturated carbocycles. The van der Waals surface area contributed by atoms with E-state index in [1.54, 1.807) is 0 Å². The first kappa shape index (κ1) is 19.6. The van der Waals surface area contributed by atoms with Crippen molar-refractivity contribution in [1.29, 1.82) is 0 Å². The van der Waals surface area contributed by atoms with Gasteiger partial charge in [0.1, 0.15) is 0 Å². The number of hydrogen-bond donors (Lipinski definition) is 2. The van der Waals surface area contributed by atoms with Gasteiger partial charge in [-0.15, -0.1) is 0 Å². The molecule has 5 heteroatoms. The van der Waals surface area contributed by atoms with Gasteiger partial charge in [0.2, 0.25) is 0 Å². The maximum Gasteiger partial charge on any atom is 0.256 e. The van der Waals surface area contributed by atoms with E-state index in [1.165, 1.54) is 10.8 Å². The lowest BCUT2D eigenvalue weighted by atomic mass is 10.1. The van der Waals surface area contributed by atoms with Crippen molar-refractivity contribution in [2.45, 2.75) is 0 Å². The lowest BCUT2D eigenvalue weighted by Crippen LogP contribution is -2.14. The Morgan fingerprint density at radius 3 is 2.68 bits per heavy atom. The van der Waals surface area contributed by atoms with Gasteiger partial charge in [-0.3, -0.25) is 4.79 Å². The average molecular weight is 517 g/mol. The largest absolute Gasteiger partial charge is 0.379 e. The molecular weight excluding hydrogens is 497 g/mol. The summed E-state index contributed by atoms with van der Waals surface area (Å²) in [5.74, 6) is -0.110. The summed E-state index contributed by atoms with van der Waals surface area (Å²) in [5.41, 5.74) is 4.60. The van der Waals surface area contributed by atoms with Crippen LogP contribution in [0.3, 0.4) is 0 Å². The summed E-state index contributed by atoms with van der Waals surface area (Å²) in [6.45, 7) is 0.750. The number of carbonyl (C=O) groups is 1. The number of hydrogen-bond acceptors (Lipinski definition) is 3. The fraction of sp³-hybridized carbons (Fsp3) is 0.0385. The van der Waals surface area contributed by atoms with Crippen molar-refractivity contribution < 1.29 is 4.79 Å². The second-order valence-electron chi connectivity index (χ2n) is 7.30. The number of amides is 1. The lowest BCUT2D eigenvalue weighted by Gasteiger charge is -2.24. The van der Waals surface area contributed by atoms with Gasteiger partial charge in [0, 0.05) is 33.1 Å². The Morgan fingerprint density at radius 1 is 0.935 bits per heavy atom. The zero-order valence-corrected chi connectivity index (χ0v) is 18.8. The molecule has 0 aromatic heterocycles. The molecule has 4 nitrogen and oxygen atoms in total. The Bertz CT molecular complexity index is 1320. The highest BCUT2D eigenvalue weighted by atomic mass is 127. The maximum atomic E-state index is 12.8. The van der Waals surface area contributed by atoms with E-state index in [0.29, 0.717) is 5.56 Å². The Morgan fingerprint density at radius 2 is 1.77 bits per heavy atom. The number of nitrogens with zero attached hydrogens (tertiary/aromatic N) is 1. The highest BCUT2D eigenvalue weighted by Crippen LogP contribution is 2.39. The number of rotatable bonds is 3. The summed E-state index contributed by atoms with van der Waals surface area (Å²) >= 11 is 2.19. The van der Waals surface area contributed by atoms with Crippen LogP contribution in [-0.4, -0.2) is 12.5 Å². The van der Waals surface area contributed by atoms with E-state index in [4.69, 9.17) is 0 Å². The molecule has 0 saturated heterocycles. The van der Waals surface area contributed by atoms with E-state index in [-0.39, 0.29) is 5.91 Å². The van der Waals surface area contributed by atoms with Gasteiger partial charge in [0.25, 0.3) is 5.91 Å². The number of anilines is 4. The van der Waals surface area contributed by atoms with Crippen molar-refractivity contribution in [3.8, 4) is 0 Å². The predicted molar refractivity (Wildman–Crippen MR) is 137 cm³/mol. The monoisotopic (exact) mass is 517 g/mol. The Hall–Kier alpha value is -3.32. The van der Waals surface area contributed by atoms with Crippen LogP contribution in [0.15, 0.2) is 97.2 Å². The fourth-order valence-electron chi connectivity index (χ4n) is 3.85. The van der Waals surface area contributed by atoms with Crippen LogP contribution >= 0.6 is 22.6 Å². The van der Waals surface area contributed by atoms with Crippen LogP contribution in [0, 0.1) is 3.57 Å². The highest BCUT2D eigenvalue weighted by Gasteiger charge is 2.17. The molecule has 1 heterocycles. The number of carbonyl (C=O) groups excluding carboxylic acids is 1. The van der Waals surface area contributed by atoms with E-state index < -0.39 is 0 Å². The molecule has 1 amide bonds. The second kappa shape index (κ2) is 8.43. The molecule has 31 heavy (non-hydrogen) atoms. The van der Waals surface area contributed by atoms with Crippen LogP contribution in [0.4, 0.5) is 22.7 Å². The first-order valence-corrected chi connectivity index (χ1v) is 11.2. The number of benzene rings is 4. The summed E-state index contributed by atoms with van der Waals surface area (Å²) in [6.07, 6.45) is 4.18. The summed E-state index contributed by atoms with van der Waals surface area (Å²) in [4.78, 5) is 14.9. The molecule has 0 aliphatic carbocycles. The van der Waals surface area contributed by atoms with Crippen LogP contribution in [0.1, 0.15) is 10.4 Å². The van der Waals surface area contributed by atoms with Gasteiger partial charge in [-0.25, -0.2) is 0 Å². The summed E-state index contributed by atoms with van der Waals surface area (Å²) in [7, 11) is 0. The molecule has 0 atom stereocenters. The molecule has 0 fully saturated rings. The topological polar surface area (TPSA) is 44.4 Å². The molecule has 152 valence electrons. The molecule has 0 radical (unpaired) electrons. The molecule has 1 aliphatic heterocycles. The number of halogens is 1. The summed E-state index contributed by atoms with van der Waals surface area (Å²) in [5, 5.41) is 8.98. The zero-order chi connectivity index (χ0) is 21.2. The van der Waals surface area contributed by atoms with E-state index in [0.717, 1.165) is 32.9 Å². The van der Waals surface area contributed by atoms with Gasteiger partial charge in [-0.05, 0) is 70.5 Å². The van der Waals surface area contributed by atoms with Crippen molar-refractivity contribution in [2.24, 2.45) is 0 Å². The molecule has 0 bridgehead atoms. The van der Waals surface area contributed by atoms with E-state index in [1.807, 2.05) is 42.5 Å². The smallest absolute Gasteiger partial charge is 0.256 e. The van der Waals surface area contributed by atoms with Crippen LogP contribution in [-0.2, 0) is 0 Å². The van der Waals surface area contributed by atoms with Gasteiger partial charge in [-0.1, -0.05) is 48.5 Å². The van der Waals surface area contributed by atoms with Gasteiger partial charge in [-0.2, -0.15) is 0 Å². The molecule has 4 aromatic rings.